The van der Waals surface area contributed by atoms with E-state index in [1.807, 2.05) is 30.3 Å². The van der Waals surface area contributed by atoms with Gasteiger partial charge in [-0.2, -0.15) is 5.26 Å². The third-order valence-corrected chi connectivity index (χ3v) is 9.35. The topological polar surface area (TPSA) is 49.6 Å². The van der Waals surface area contributed by atoms with Crippen LogP contribution < -0.4 is 0 Å². The number of nitriles is 1. The molecule has 1 aliphatic rings. The number of benzene rings is 6. The summed E-state index contributed by atoms with van der Waals surface area (Å²) in [5.74, 6) is 0.683. The van der Waals surface area contributed by atoms with Gasteiger partial charge in [-0.05, 0) is 68.8 Å². The van der Waals surface area contributed by atoms with Crippen molar-refractivity contribution in [2.45, 2.75) is 19.3 Å². The molecule has 0 bridgehead atoms. The zero-order valence-corrected chi connectivity index (χ0v) is 26.3. The Labute approximate surface area is 275 Å². The fourth-order valence-corrected chi connectivity index (χ4v) is 6.96. The maximum Gasteiger partial charge on any atom is 0.160 e. The molecule has 0 fully saturated rings. The molecule has 47 heavy (non-hydrogen) atoms. The number of rotatable bonds is 5. The van der Waals surface area contributed by atoms with Gasteiger partial charge in [-0.25, -0.2) is 9.97 Å². The number of aromatic nitrogens is 2. The van der Waals surface area contributed by atoms with Gasteiger partial charge in [0.1, 0.15) is 0 Å². The normalized spacial score (nSPS) is 12.6. The molecular weight excluding hydrogens is 571 g/mol. The van der Waals surface area contributed by atoms with E-state index in [4.69, 9.17) is 9.97 Å². The van der Waals surface area contributed by atoms with Crippen molar-refractivity contribution < 1.29 is 0 Å². The van der Waals surface area contributed by atoms with Crippen molar-refractivity contribution in [2.75, 3.05) is 0 Å². The minimum atomic E-state index is -0.227. The van der Waals surface area contributed by atoms with Crippen molar-refractivity contribution in [3.8, 4) is 73.4 Å². The van der Waals surface area contributed by atoms with Crippen LogP contribution in [0.2, 0.25) is 0 Å². The van der Waals surface area contributed by atoms with Crippen molar-refractivity contribution in [3.05, 3.63) is 168 Å². The van der Waals surface area contributed by atoms with E-state index in [0.717, 1.165) is 50.3 Å². The average Bonchev–Trinajstić information content (AvgIpc) is 3.37. The van der Waals surface area contributed by atoms with Gasteiger partial charge in [0, 0.05) is 22.1 Å². The molecule has 0 spiro atoms. The quantitative estimate of drug-likeness (QED) is 0.197. The molecule has 1 aromatic heterocycles. The van der Waals surface area contributed by atoms with Crippen LogP contribution in [0.4, 0.5) is 0 Å². The van der Waals surface area contributed by atoms with E-state index in [0.29, 0.717) is 11.4 Å². The van der Waals surface area contributed by atoms with Crippen molar-refractivity contribution in [3.63, 3.8) is 0 Å². The Balaban J connectivity index is 1.34. The van der Waals surface area contributed by atoms with Crippen LogP contribution in [0.3, 0.4) is 0 Å². The molecule has 0 aliphatic heterocycles. The third-order valence-electron chi connectivity index (χ3n) is 9.35. The van der Waals surface area contributed by atoms with E-state index in [1.54, 1.807) is 0 Å². The SMILES string of the molecule is CC1(C)c2cc(C#N)ccc2-c2c(-c3ccccc3-c3cc(-c4ccccc4)nc(-c4cccc(-c5ccccc5)c4)n3)cccc21. The average molecular weight is 602 g/mol. The number of fused-ring (bicyclic) bond motifs is 3. The van der Waals surface area contributed by atoms with Gasteiger partial charge in [0.2, 0.25) is 0 Å². The molecule has 0 saturated carbocycles. The zero-order chi connectivity index (χ0) is 32.0. The minimum Gasteiger partial charge on any atom is -0.228 e. The van der Waals surface area contributed by atoms with Crippen LogP contribution in [0, 0.1) is 11.3 Å². The van der Waals surface area contributed by atoms with Gasteiger partial charge < -0.3 is 0 Å². The molecule has 0 atom stereocenters. The predicted molar refractivity (Wildman–Crippen MR) is 191 cm³/mol. The van der Waals surface area contributed by atoms with E-state index in [-0.39, 0.29) is 5.41 Å². The summed E-state index contributed by atoms with van der Waals surface area (Å²) in [7, 11) is 0. The van der Waals surface area contributed by atoms with E-state index in [2.05, 4.69) is 141 Å². The van der Waals surface area contributed by atoms with Crippen LogP contribution in [0.25, 0.3) is 67.3 Å². The largest absolute Gasteiger partial charge is 0.228 e. The molecule has 0 N–H and O–H groups in total. The first-order valence-corrected chi connectivity index (χ1v) is 15.9. The van der Waals surface area contributed by atoms with E-state index < -0.39 is 0 Å². The highest BCUT2D eigenvalue weighted by atomic mass is 14.9. The smallest absolute Gasteiger partial charge is 0.160 e. The molecule has 1 heterocycles. The van der Waals surface area contributed by atoms with Crippen molar-refractivity contribution >= 4 is 0 Å². The lowest BCUT2D eigenvalue weighted by Gasteiger charge is -2.22. The molecule has 3 heteroatoms. The predicted octanol–water partition coefficient (Wildman–Crippen LogP) is 11.0. The number of hydrogen-bond donors (Lipinski definition) is 0. The monoisotopic (exact) mass is 601 g/mol. The van der Waals surface area contributed by atoms with Crippen LogP contribution in [-0.4, -0.2) is 9.97 Å². The highest BCUT2D eigenvalue weighted by Gasteiger charge is 2.37. The van der Waals surface area contributed by atoms with Crippen molar-refractivity contribution in [2.24, 2.45) is 0 Å². The second kappa shape index (κ2) is 11.4. The van der Waals surface area contributed by atoms with Crippen molar-refractivity contribution in [1.29, 1.82) is 5.26 Å². The van der Waals surface area contributed by atoms with Crippen molar-refractivity contribution in [1.82, 2.24) is 9.97 Å². The molecule has 3 nitrogen and oxygen atoms in total. The fraction of sp³-hybridized carbons (Fsp3) is 0.0682. The maximum atomic E-state index is 9.67. The lowest BCUT2D eigenvalue weighted by molar-refractivity contribution is 0.660. The highest BCUT2D eigenvalue weighted by Crippen LogP contribution is 2.53. The first-order valence-electron chi connectivity index (χ1n) is 15.9. The molecule has 6 aromatic carbocycles. The lowest BCUT2D eigenvalue weighted by Crippen LogP contribution is -2.15. The highest BCUT2D eigenvalue weighted by molar-refractivity contribution is 5.97. The van der Waals surface area contributed by atoms with Crippen LogP contribution in [0.5, 0.6) is 0 Å². The summed E-state index contributed by atoms with van der Waals surface area (Å²) in [5.41, 5.74) is 14.6. The summed E-state index contributed by atoms with van der Waals surface area (Å²) in [4.78, 5) is 10.4. The molecule has 0 amide bonds. The maximum absolute atomic E-state index is 9.67. The Morgan fingerprint density at radius 2 is 1.09 bits per heavy atom. The summed E-state index contributed by atoms with van der Waals surface area (Å²) in [5, 5.41) is 9.67. The minimum absolute atomic E-state index is 0.227. The van der Waals surface area contributed by atoms with Gasteiger partial charge in [0.15, 0.2) is 5.82 Å². The first-order chi connectivity index (χ1) is 23.0. The molecular formula is C44H31N3. The van der Waals surface area contributed by atoms with Crippen LogP contribution >= 0.6 is 0 Å². The Morgan fingerprint density at radius 3 is 1.85 bits per heavy atom. The number of nitrogens with zero attached hydrogens (tertiary/aromatic N) is 3. The van der Waals surface area contributed by atoms with Crippen LogP contribution in [0.1, 0.15) is 30.5 Å². The summed E-state index contributed by atoms with van der Waals surface area (Å²) >= 11 is 0. The van der Waals surface area contributed by atoms with Gasteiger partial charge in [0.25, 0.3) is 0 Å². The van der Waals surface area contributed by atoms with Gasteiger partial charge in [-0.1, -0.05) is 141 Å². The Bertz CT molecular complexity index is 2330. The van der Waals surface area contributed by atoms with E-state index >= 15 is 0 Å². The van der Waals surface area contributed by atoms with E-state index in [9.17, 15) is 5.26 Å². The number of hydrogen-bond acceptors (Lipinski definition) is 3. The standard InChI is InChI=1S/C44H31N3/c1-44(2)38-22-12-21-36(42(38)37-24-23-29(28-45)25-39(37)44)34-19-9-10-20-35(34)41-27-40(31-15-7-4-8-16-31)46-43(47-41)33-18-11-17-32(26-33)30-13-5-3-6-14-30/h3-27H,1-2H3. The van der Waals surface area contributed by atoms with Gasteiger partial charge >= 0.3 is 0 Å². The van der Waals surface area contributed by atoms with Crippen LogP contribution in [-0.2, 0) is 5.41 Å². The van der Waals surface area contributed by atoms with Crippen LogP contribution in [0.15, 0.2) is 152 Å². The Morgan fingerprint density at radius 1 is 0.468 bits per heavy atom. The summed E-state index contributed by atoms with van der Waals surface area (Å²) in [6, 6.07) is 54.9. The fourth-order valence-electron chi connectivity index (χ4n) is 6.96. The first kappa shape index (κ1) is 28.4. The Kier molecular flexibility index (Phi) is 6.85. The van der Waals surface area contributed by atoms with E-state index in [1.165, 1.54) is 22.3 Å². The van der Waals surface area contributed by atoms with Gasteiger partial charge in [-0.15, -0.1) is 0 Å². The summed E-state index contributed by atoms with van der Waals surface area (Å²) < 4.78 is 0. The second-order valence-corrected chi connectivity index (χ2v) is 12.5. The Hall–Kier alpha value is -6.11. The lowest BCUT2D eigenvalue weighted by atomic mass is 9.81. The summed E-state index contributed by atoms with van der Waals surface area (Å²) in [6.07, 6.45) is 0. The molecule has 0 radical (unpaired) electrons. The molecule has 8 rings (SSSR count). The molecule has 222 valence electrons. The molecule has 0 unspecified atom stereocenters. The summed E-state index contributed by atoms with van der Waals surface area (Å²) in [6.45, 7) is 4.50. The zero-order valence-electron chi connectivity index (χ0n) is 26.3. The second-order valence-electron chi connectivity index (χ2n) is 12.5. The third kappa shape index (κ3) is 4.92. The molecule has 0 saturated heterocycles. The van der Waals surface area contributed by atoms with Gasteiger partial charge in [0.05, 0.1) is 23.0 Å². The molecule has 1 aliphatic carbocycles. The molecule has 7 aromatic rings. The van der Waals surface area contributed by atoms with Gasteiger partial charge in [-0.3, -0.25) is 0 Å².